The molecule has 5 heteroatoms. The summed E-state index contributed by atoms with van der Waals surface area (Å²) in [4.78, 5) is 0. The maximum atomic E-state index is 12.0. The molecule has 1 aromatic carbocycles. The van der Waals surface area contributed by atoms with E-state index < -0.39 is 9.84 Å². The first-order valence-electron chi connectivity index (χ1n) is 7.16. The molecule has 1 heterocycles. The molecule has 0 saturated carbocycles. The van der Waals surface area contributed by atoms with Crippen molar-refractivity contribution in [2.24, 2.45) is 5.92 Å². The van der Waals surface area contributed by atoms with E-state index in [0.717, 1.165) is 37.2 Å². The van der Waals surface area contributed by atoms with E-state index in [-0.39, 0.29) is 24.0 Å². The van der Waals surface area contributed by atoms with E-state index in [1.807, 2.05) is 31.2 Å². The summed E-state index contributed by atoms with van der Waals surface area (Å²) in [5.41, 5.74) is 1.11. The monoisotopic (exact) mass is 297 g/mol. The Balaban J connectivity index is 1.77. The van der Waals surface area contributed by atoms with Crippen LogP contribution in [0.4, 0.5) is 0 Å². The van der Waals surface area contributed by atoms with Crippen LogP contribution in [0.3, 0.4) is 0 Å². The van der Waals surface area contributed by atoms with E-state index in [4.69, 9.17) is 4.74 Å². The standard InChI is InChI=1S/C15H23NO3S/c1-13-4-2-6-15(10-13)19-8-9-20(17,18)12-14-5-3-7-16-11-14/h2,4,6,10,14,16H,3,5,7-9,11-12H2,1H3. The normalized spacial score (nSPS) is 19.8. The summed E-state index contributed by atoms with van der Waals surface area (Å²) in [6, 6.07) is 7.66. The van der Waals surface area contributed by atoms with Gasteiger partial charge >= 0.3 is 0 Å². The van der Waals surface area contributed by atoms with E-state index >= 15 is 0 Å². The van der Waals surface area contributed by atoms with Crippen LogP contribution in [-0.2, 0) is 9.84 Å². The first-order chi connectivity index (χ1) is 9.55. The maximum Gasteiger partial charge on any atom is 0.153 e. The highest BCUT2D eigenvalue weighted by Crippen LogP contribution is 2.14. The lowest BCUT2D eigenvalue weighted by Gasteiger charge is -2.22. The second-order valence-corrected chi connectivity index (χ2v) is 7.72. The number of benzene rings is 1. The summed E-state index contributed by atoms with van der Waals surface area (Å²) in [7, 11) is -3.03. The van der Waals surface area contributed by atoms with Gasteiger partial charge in [-0.15, -0.1) is 0 Å². The molecule has 2 rings (SSSR count). The van der Waals surface area contributed by atoms with Gasteiger partial charge in [0.1, 0.15) is 12.4 Å². The SMILES string of the molecule is Cc1cccc(OCCS(=O)(=O)CC2CCCNC2)c1. The number of piperidine rings is 1. The Bertz CT molecular complexity index is 522. The Morgan fingerprint density at radius 2 is 2.25 bits per heavy atom. The van der Waals surface area contributed by atoms with Crippen LogP contribution in [0.15, 0.2) is 24.3 Å². The van der Waals surface area contributed by atoms with Gasteiger partial charge in [0.15, 0.2) is 9.84 Å². The number of rotatable bonds is 6. The highest BCUT2D eigenvalue weighted by atomic mass is 32.2. The predicted octanol–water partition coefficient (Wildman–Crippen LogP) is 1.79. The minimum atomic E-state index is -3.03. The average molecular weight is 297 g/mol. The third-order valence-electron chi connectivity index (χ3n) is 3.54. The Hall–Kier alpha value is -1.07. The lowest BCUT2D eigenvalue weighted by atomic mass is 10.0. The zero-order valence-corrected chi connectivity index (χ0v) is 12.8. The van der Waals surface area contributed by atoms with Crippen molar-refractivity contribution in [1.82, 2.24) is 5.32 Å². The summed E-state index contributed by atoms with van der Waals surface area (Å²) in [5.74, 6) is 1.36. The Morgan fingerprint density at radius 3 is 2.95 bits per heavy atom. The molecule has 112 valence electrons. The minimum Gasteiger partial charge on any atom is -0.493 e. The van der Waals surface area contributed by atoms with Crippen molar-refractivity contribution in [3.05, 3.63) is 29.8 Å². The summed E-state index contributed by atoms with van der Waals surface area (Å²) >= 11 is 0. The average Bonchev–Trinajstić information content (AvgIpc) is 2.39. The topological polar surface area (TPSA) is 55.4 Å². The van der Waals surface area contributed by atoms with Gasteiger partial charge in [0.2, 0.25) is 0 Å². The Labute approximate surface area is 121 Å². The van der Waals surface area contributed by atoms with Gasteiger partial charge in [0.25, 0.3) is 0 Å². The fraction of sp³-hybridized carbons (Fsp3) is 0.600. The molecule has 1 unspecified atom stereocenters. The fourth-order valence-corrected chi connectivity index (χ4v) is 4.01. The molecule has 1 aliphatic rings. The van der Waals surface area contributed by atoms with Crippen molar-refractivity contribution in [3.63, 3.8) is 0 Å². The van der Waals surface area contributed by atoms with Gasteiger partial charge < -0.3 is 10.1 Å². The molecule has 1 aromatic rings. The van der Waals surface area contributed by atoms with Crippen molar-refractivity contribution in [1.29, 1.82) is 0 Å². The van der Waals surface area contributed by atoms with Crippen molar-refractivity contribution < 1.29 is 13.2 Å². The van der Waals surface area contributed by atoms with Crippen molar-refractivity contribution in [2.75, 3.05) is 31.2 Å². The smallest absolute Gasteiger partial charge is 0.153 e. The van der Waals surface area contributed by atoms with Crippen molar-refractivity contribution in [2.45, 2.75) is 19.8 Å². The van der Waals surface area contributed by atoms with Crippen molar-refractivity contribution >= 4 is 9.84 Å². The number of sulfone groups is 1. The molecule has 20 heavy (non-hydrogen) atoms. The third-order valence-corrected chi connectivity index (χ3v) is 5.31. The second kappa shape index (κ2) is 7.09. The maximum absolute atomic E-state index is 12.0. The van der Waals surface area contributed by atoms with Gasteiger partial charge in [-0.05, 0) is 56.5 Å². The first-order valence-corrected chi connectivity index (χ1v) is 8.98. The molecular weight excluding hydrogens is 274 g/mol. The summed E-state index contributed by atoms with van der Waals surface area (Å²) in [6.07, 6.45) is 2.07. The molecule has 1 N–H and O–H groups in total. The van der Waals surface area contributed by atoms with Crippen LogP contribution in [0.2, 0.25) is 0 Å². The summed E-state index contributed by atoms with van der Waals surface area (Å²) < 4.78 is 29.6. The zero-order valence-electron chi connectivity index (χ0n) is 12.0. The van der Waals surface area contributed by atoms with Crippen LogP contribution in [0.5, 0.6) is 5.75 Å². The molecule has 1 aliphatic heterocycles. The van der Waals surface area contributed by atoms with Crippen LogP contribution >= 0.6 is 0 Å². The molecule has 1 saturated heterocycles. The van der Waals surface area contributed by atoms with Gasteiger partial charge in [0, 0.05) is 0 Å². The van der Waals surface area contributed by atoms with Crippen LogP contribution in [0, 0.1) is 12.8 Å². The number of aryl methyl sites for hydroxylation is 1. The van der Waals surface area contributed by atoms with E-state index in [0.29, 0.717) is 0 Å². The van der Waals surface area contributed by atoms with Gasteiger partial charge in [-0.3, -0.25) is 0 Å². The molecule has 0 spiro atoms. The largest absolute Gasteiger partial charge is 0.493 e. The molecule has 1 atom stereocenters. The molecular formula is C15H23NO3S. The highest BCUT2D eigenvalue weighted by Gasteiger charge is 2.21. The van der Waals surface area contributed by atoms with E-state index in [9.17, 15) is 8.42 Å². The van der Waals surface area contributed by atoms with Crippen LogP contribution in [0.25, 0.3) is 0 Å². The lowest BCUT2D eigenvalue weighted by Crippen LogP contribution is -2.34. The van der Waals surface area contributed by atoms with Gasteiger partial charge in [0.05, 0.1) is 11.5 Å². The molecule has 0 radical (unpaired) electrons. The highest BCUT2D eigenvalue weighted by molar-refractivity contribution is 7.91. The van der Waals surface area contributed by atoms with E-state index in [1.54, 1.807) is 0 Å². The Kier molecular flexibility index (Phi) is 5.43. The Morgan fingerprint density at radius 1 is 1.40 bits per heavy atom. The summed E-state index contributed by atoms with van der Waals surface area (Å²) in [5, 5.41) is 3.25. The van der Waals surface area contributed by atoms with Crippen molar-refractivity contribution in [3.8, 4) is 5.75 Å². The van der Waals surface area contributed by atoms with Crippen LogP contribution in [0.1, 0.15) is 18.4 Å². The fourth-order valence-electron chi connectivity index (χ4n) is 2.50. The quantitative estimate of drug-likeness (QED) is 0.870. The minimum absolute atomic E-state index is 0.0947. The van der Waals surface area contributed by atoms with Gasteiger partial charge in [-0.1, -0.05) is 12.1 Å². The number of nitrogens with one attached hydrogen (secondary N) is 1. The molecule has 0 aliphatic carbocycles. The number of ether oxygens (including phenoxy) is 1. The lowest BCUT2D eigenvalue weighted by molar-refractivity contribution is 0.339. The van der Waals surface area contributed by atoms with Crippen LogP contribution < -0.4 is 10.1 Å². The molecule has 0 bridgehead atoms. The second-order valence-electron chi connectivity index (χ2n) is 5.49. The number of hydrogen-bond donors (Lipinski definition) is 1. The van der Waals surface area contributed by atoms with Gasteiger partial charge in [-0.2, -0.15) is 0 Å². The zero-order chi connectivity index (χ0) is 14.4. The predicted molar refractivity (Wildman–Crippen MR) is 80.9 cm³/mol. The summed E-state index contributed by atoms with van der Waals surface area (Å²) in [6.45, 7) is 4.04. The third kappa shape index (κ3) is 5.13. The van der Waals surface area contributed by atoms with E-state index in [2.05, 4.69) is 5.32 Å². The first kappa shape index (κ1) is 15.3. The molecule has 4 nitrogen and oxygen atoms in total. The molecule has 1 fully saturated rings. The van der Waals surface area contributed by atoms with Crippen LogP contribution in [-0.4, -0.2) is 39.6 Å². The van der Waals surface area contributed by atoms with Gasteiger partial charge in [-0.25, -0.2) is 8.42 Å². The molecule has 0 amide bonds. The van der Waals surface area contributed by atoms with E-state index in [1.165, 1.54) is 0 Å². The number of hydrogen-bond acceptors (Lipinski definition) is 4. The molecule has 0 aromatic heterocycles.